The summed E-state index contributed by atoms with van der Waals surface area (Å²) in [6.07, 6.45) is 5.51. The number of hydrogen-bond acceptors (Lipinski definition) is 5. The smallest absolute Gasteiger partial charge is 0.872 e. The van der Waals surface area contributed by atoms with Gasteiger partial charge in [0.25, 0.3) is 0 Å². The van der Waals surface area contributed by atoms with Gasteiger partial charge in [-0.25, -0.2) is 5.32 Å². The Labute approximate surface area is 453 Å². The van der Waals surface area contributed by atoms with E-state index in [4.69, 9.17) is 15.4 Å². The fourth-order valence-corrected chi connectivity index (χ4v) is 8.43. The van der Waals surface area contributed by atoms with Crippen molar-refractivity contribution >= 4 is 11.6 Å². The summed E-state index contributed by atoms with van der Waals surface area (Å²) in [5.74, 6) is 1.65. The van der Waals surface area contributed by atoms with Crippen LogP contribution in [0.2, 0.25) is 0 Å². The number of ether oxygens (including phenoxy) is 1. The molecular formula is C56H88LiN6O3Sm+2. The molecule has 1 aliphatic heterocycles. The number of aromatic amines is 1. The first-order valence-corrected chi connectivity index (χ1v) is 24.2. The van der Waals surface area contributed by atoms with Gasteiger partial charge in [0.2, 0.25) is 0 Å². The van der Waals surface area contributed by atoms with Crippen LogP contribution in [0.1, 0.15) is 197 Å². The van der Waals surface area contributed by atoms with Crippen LogP contribution in [-0.2, 0) is 26.4 Å². The van der Waals surface area contributed by atoms with Crippen LogP contribution in [0.25, 0.3) is 10.6 Å². The van der Waals surface area contributed by atoms with Crippen molar-refractivity contribution in [2.24, 2.45) is 0 Å². The largest absolute Gasteiger partial charge is 3.00 e. The van der Waals surface area contributed by atoms with Gasteiger partial charge in [-0.05, 0) is 130 Å². The fraction of sp³-hybridized carbons (Fsp3) is 0.607. The maximum absolute atomic E-state index is 13.8. The second kappa shape index (κ2) is 26.8. The number of quaternary nitrogens is 1. The Bertz CT molecular complexity index is 1880. The molecule has 0 unspecified atom stereocenters. The molecular weight excluding hydrogens is 962 g/mol. The molecule has 2 aromatic heterocycles. The molecule has 2 N–H and O–H groups in total. The number of hydrogen-bond donors (Lipinski definition) is 1. The van der Waals surface area contributed by atoms with Gasteiger partial charge in [0, 0.05) is 37.1 Å². The summed E-state index contributed by atoms with van der Waals surface area (Å²) < 4.78 is 4.94. The Morgan fingerprint density at radius 1 is 0.627 bits per heavy atom. The van der Waals surface area contributed by atoms with Gasteiger partial charge in [-0.3, -0.25) is 4.90 Å². The predicted octanol–water partition coefficient (Wildman–Crippen LogP) is 8.95. The Balaban J connectivity index is 0.000000588. The van der Waals surface area contributed by atoms with E-state index in [1.807, 2.05) is 42.6 Å². The van der Waals surface area contributed by atoms with Crippen molar-refractivity contribution in [1.29, 1.82) is 0 Å². The number of pyridine rings is 2. The van der Waals surface area contributed by atoms with Crippen LogP contribution < -0.4 is 39.0 Å². The standard InChI is InChI=1S/2C26H40N3O.C4H8O.Li.Sm/c2*1-17(2)29(18(3)4)24(28-22-13-11-12-14-27-22)20-15-19(25(5,6)7)16-21(23(20)30)26(8,9)10;1-2-4-5-3-1;;/h2*11-18,24H,1-10H3,(H-,27,28,30);1-4H2;;/q2*-1;;+1;+3/t2*24-;;;/m00.../s1. The molecule has 5 rings (SSSR count). The van der Waals surface area contributed by atoms with Crippen molar-refractivity contribution in [3.8, 4) is 11.5 Å². The van der Waals surface area contributed by atoms with Crippen LogP contribution in [0.4, 0.5) is 11.6 Å². The number of benzene rings is 2. The first-order chi connectivity index (χ1) is 30.0. The summed E-state index contributed by atoms with van der Waals surface area (Å²) in [7, 11) is 0. The van der Waals surface area contributed by atoms with Gasteiger partial charge in [0.1, 0.15) is 18.1 Å². The van der Waals surface area contributed by atoms with E-state index in [1.54, 1.807) is 6.20 Å². The second-order valence-electron chi connectivity index (χ2n) is 23.1. The molecule has 1 fully saturated rings. The minimum atomic E-state index is -0.362. The van der Waals surface area contributed by atoms with Gasteiger partial charge in [0.15, 0.2) is 0 Å². The van der Waals surface area contributed by atoms with Crippen molar-refractivity contribution in [1.82, 2.24) is 9.88 Å². The Hall–Kier alpha value is -2.24. The normalized spacial score (nSPS) is 14.2. The van der Waals surface area contributed by atoms with Gasteiger partial charge >= 0.3 is 59.2 Å². The van der Waals surface area contributed by atoms with Crippen LogP contribution in [-0.4, -0.2) is 47.3 Å². The molecule has 1 radical (unpaired) electrons. The summed E-state index contributed by atoms with van der Waals surface area (Å²) in [4.78, 5) is 11.2. The van der Waals surface area contributed by atoms with Crippen LogP contribution >= 0.6 is 0 Å². The first-order valence-electron chi connectivity index (χ1n) is 24.2. The maximum Gasteiger partial charge on any atom is 3.00 e. The molecule has 0 amide bonds. The third kappa shape index (κ3) is 18.5. The van der Waals surface area contributed by atoms with E-state index in [0.717, 1.165) is 41.3 Å². The number of nitrogens with zero attached hydrogens (tertiary/aromatic N) is 4. The minimum absolute atomic E-state index is 0. The monoisotopic (exact) mass is 1050 g/mol. The Morgan fingerprint density at radius 2 is 1.09 bits per heavy atom. The van der Waals surface area contributed by atoms with Crippen LogP contribution in [0.15, 0.2) is 73.1 Å². The summed E-state index contributed by atoms with van der Waals surface area (Å²) in [6.45, 7) is 45.3. The average molecular weight is 1050 g/mol. The van der Waals surface area contributed by atoms with E-state index in [0.29, 0.717) is 17.9 Å². The number of nitrogens with one attached hydrogen (secondary N) is 2. The molecule has 0 aliphatic carbocycles. The predicted molar refractivity (Wildman–Crippen MR) is 269 cm³/mol. The first kappa shape index (κ1) is 62.8. The summed E-state index contributed by atoms with van der Waals surface area (Å²) in [5.41, 5.74) is 4.99. The van der Waals surface area contributed by atoms with Gasteiger partial charge < -0.3 is 35.1 Å². The van der Waals surface area contributed by atoms with Crippen molar-refractivity contribution in [3.63, 3.8) is 0 Å². The molecule has 0 bridgehead atoms. The van der Waals surface area contributed by atoms with Crippen molar-refractivity contribution < 1.29 is 84.1 Å². The second-order valence-corrected chi connectivity index (χ2v) is 23.1. The van der Waals surface area contributed by atoms with E-state index in [2.05, 4.69) is 178 Å². The average Bonchev–Trinajstić information content (AvgIpc) is 3.77. The molecule has 3 heterocycles. The van der Waals surface area contributed by atoms with E-state index in [1.165, 1.54) is 28.9 Å². The zero-order valence-electron chi connectivity index (χ0n) is 45.6. The molecule has 365 valence electrons. The summed E-state index contributed by atoms with van der Waals surface area (Å²) >= 11 is 0. The third-order valence-corrected chi connectivity index (χ3v) is 12.0. The van der Waals surface area contributed by atoms with Crippen molar-refractivity contribution in [2.45, 2.75) is 209 Å². The number of H-pyrrole nitrogens is 1. The van der Waals surface area contributed by atoms with E-state index in [9.17, 15) is 10.2 Å². The number of aromatic nitrogens is 2. The molecule has 1 aliphatic rings. The SMILES string of the molecule is C1CCOC1.CC(C)N(C(C)C)[C@H]([N-]c1cccc[nH+]1)c1cc(C(C)(C)C)cc(C(C)(C)C)c1[O-].CC(C)[NH+](C(C)C)[C@H]([N-]c1ccccn1)c1cc(C(C)(C)C)cc(C(C)(C)C)c1[O-].[Li+].[Sm+3]. The molecule has 67 heavy (non-hydrogen) atoms. The quantitative estimate of drug-likeness (QED) is 0.142. The molecule has 2 aromatic carbocycles. The Morgan fingerprint density at radius 3 is 1.45 bits per heavy atom. The zero-order chi connectivity index (χ0) is 49.2. The number of rotatable bonds is 12. The van der Waals surface area contributed by atoms with Gasteiger partial charge in [-0.2, -0.15) is 0 Å². The van der Waals surface area contributed by atoms with Crippen molar-refractivity contribution in [3.05, 3.63) is 117 Å². The van der Waals surface area contributed by atoms with Crippen molar-refractivity contribution in [2.75, 3.05) is 13.2 Å². The van der Waals surface area contributed by atoms with Crippen LogP contribution in [0.5, 0.6) is 11.5 Å². The van der Waals surface area contributed by atoms with E-state index >= 15 is 0 Å². The third-order valence-electron chi connectivity index (χ3n) is 12.0. The molecule has 1 saturated heterocycles. The van der Waals surface area contributed by atoms with Crippen LogP contribution in [0, 0.1) is 40.4 Å². The fourth-order valence-electron chi connectivity index (χ4n) is 8.43. The molecule has 9 nitrogen and oxygen atoms in total. The van der Waals surface area contributed by atoms with Gasteiger partial charge in [-0.15, -0.1) is 0 Å². The molecule has 0 saturated carbocycles. The molecule has 0 spiro atoms. The summed E-state index contributed by atoms with van der Waals surface area (Å²) in [5, 5.41) is 37.6. The van der Waals surface area contributed by atoms with E-state index in [-0.39, 0.29) is 117 Å². The molecule has 11 heteroatoms. The van der Waals surface area contributed by atoms with Gasteiger partial charge in [0.05, 0.1) is 12.1 Å². The Kier molecular flexibility index (Phi) is 25.1. The van der Waals surface area contributed by atoms with Gasteiger partial charge in [-0.1, -0.05) is 155 Å². The van der Waals surface area contributed by atoms with E-state index < -0.39 is 0 Å². The van der Waals surface area contributed by atoms with Crippen LogP contribution in [0.3, 0.4) is 0 Å². The molecule has 4 aromatic rings. The zero-order valence-corrected chi connectivity index (χ0v) is 48.3. The molecule has 2 atom stereocenters. The maximum atomic E-state index is 13.8. The topological polar surface area (TPSA) is 118 Å². The summed E-state index contributed by atoms with van der Waals surface area (Å²) in [6, 6.07) is 21.1. The minimum Gasteiger partial charge on any atom is -0.872 e.